The highest BCUT2D eigenvalue weighted by molar-refractivity contribution is 7.15. The van der Waals surface area contributed by atoms with Gasteiger partial charge in [0.1, 0.15) is 5.01 Å². The zero-order valence-electron chi connectivity index (χ0n) is 16.1. The minimum absolute atomic E-state index is 0.0283. The summed E-state index contributed by atoms with van der Waals surface area (Å²) in [4.78, 5) is 20.3. The smallest absolute Gasteiger partial charge is 0.317 e. The molecule has 0 unspecified atom stereocenters. The first-order valence-electron chi connectivity index (χ1n) is 9.80. The molecule has 4 nitrogen and oxygen atoms in total. The van der Waals surface area contributed by atoms with Gasteiger partial charge in [0.2, 0.25) is 0 Å². The molecule has 1 saturated heterocycles. The van der Waals surface area contributed by atoms with Crippen molar-refractivity contribution in [2.24, 2.45) is 0 Å². The molecule has 144 valence electrons. The van der Waals surface area contributed by atoms with Crippen LogP contribution in [0.5, 0.6) is 0 Å². The van der Waals surface area contributed by atoms with Crippen LogP contribution in [0.3, 0.4) is 0 Å². The maximum absolute atomic E-state index is 12.6. The van der Waals surface area contributed by atoms with Crippen LogP contribution in [0.2, 0.25) is 0 Å². The molecule has 1 aromatic heterocycles. The van der Waals surface area contributed by atoms with Crippen LogP contribution in [0.15, 0.2) is 60.7 Å². The lowest BCUT2D eigenvalue weighted by Crippen LogP contribution is -2.43. The number of rotatable bonds is 4. The minimum Gasteiger partial charge on any atom is -0.333 e. The van der Waals surface area contributed by atoms with Crippen molar-refractivity contribution in [3.63, 3.8) is 0 Å². The van der Waals surface area contributed by atoms with Gasteiger partial charge in [0.25, 0.3) is 0 Å². The second-order valence-electron chi connectivity index (χ2n) is 7.22. The number of benzene rings is 2. The second-order valence-corrected chi connectivity index (χ2v) is 8.31. The number of carbonyl (C=O) groups excluding carboxylic acids is 1. The summed E-state index contributed by atoms with van der Waals surface area (Å²) >= 11 is 1.65. The SMILES string of the molecule is Cc1nc(-c2ccccc2)sc1CNC(=O)N1CCC(c2ccccc2)CC1. The van der Waals surface area contributed by atoms with E-state index in [9.17, 15) is 4.79 Å². The third-order valence-electron chi connectivity index (χ3n) is 5.37. The van der Waals surface area contributed by atoms with E-state index < -0.39 is 0 Å². The summed E-state index contributed by atoms with van der Waals surface area (Å²) in [5.41, 5.74) is 3.50. The van der Waals surface area contributed by atoms with Crippen LogP contribution in [-0.2, 0) is 6.54 Å². The van der Waals surface area contributed by atoms with Crippen molar-refractivity contribution in [3.05, 3.63) is 76.8 Å². The van der Waals surface area contributed by atoms with Crippen LogP contribution < -0.4 is 5.32 Å². The number of hydrogen-bond acceptors (Lipinski definition) is 3. The highest BCUT2D eigenvalue weighted by Gasteiger charge is 2.23. The quantitative estimate of drug-likeness (QED) is 0.664. The van der Waals surface area contributed by atoms with Gasteiger partial charge in [0, 0.05) is 23.5 Å². The molecular weight excluding hydrogens is 366 g/mol. The normalized spacial score (nSPS) is 14.8. The summed E-state index contributed by atoms with van der Waals surface area (Å²) in [6, 6.07) is 20.8. The number of piperidine rings is 1. The summed E-state index contributed by atoms with van der Waals surface area (Å²) in [5, 5.41) is 4.09. The van der Waals surface area contributed by atoms with Crippen molar-refractivity contribution in [2.75, 3.05) is 13.1 Å². The fourth-order valence-corrected chi connectivity index (χ4v) is 4.71. The van der Waals surface area contributed by atoms with Crippen LogP contribution in [0, 0.1) is 6.92 Å². The summed E-state index contributed by atoms with van der Waals surface area (Å²) < 4.78 is 0. The van der Waals surface area contributed by atoms with Gasteiger partial charge >= 0.3 is 6.03 Å². The van der Waals surface area contributed by atoms with Crippen molar-refractivity contribution >= 4 is 17.4 Å². The second kappa shape index (κ2) is 8.57. The van der Waals surface area contributed by atoms with Gasteiger partial charge in [-0.15, -0.1) is 11.3 Å². The molecule has 1 N–H and O–H groups in total. The number of amides is 2. The molecule has 0 spiro atoms. The topological polar surface area (TPSA) is 45.2 Å². The van der Waals surface area contributed by atoms with Crippen molar-refractivity contribution < 1.29 is 4.79 Å². The molecule has 1 aliphatic heterocycles. The number of nitrogens with one attached hydrogen (secondary N) is 1. The van der Waals surface area contributed by atoms with Gasteiger partial charge in [-0.1, -0.05) is 60.7 Å². The number of likely N-dealkylation sites (tertiary alicyclic amines) is 1. The molecule has 28 heavy (non-hydrogen) atoms. The summed E-state index contributed by atoms with van der Waals surface area (Å²) in [6.45, 7) is 4.16. The summed E-state index contributed by atoms with van der Waals surface area (Å²) in [7, 11) is 0. The molecule has 4 rings (SSSR count). The van der Waals surface area contributed by atoms with E-state index in [2.05, 4.69) is 52.8 Å². The van der Waals surface area contributed by atoms with E-state index in [0.717, 1.165) is 47.1 Å². The maximum atomic E-state index is 12.6. The Bertz CT molecular complexity index is 916. The lowest BCUT2D eigenvalue weighted by Gasteiger charge is -2.32. The highest BCUT2D eigenvalue weighted by atomic mass is 32.1. The predicted molar refractivity (Wildman–Crippen MR) is 115 cm³/mol. The Morgan fingerprint density at radius 2 is 1.71 bits per heavy atom. The van der Waals surface area contributed by atoms with Crippen molar-refractivity contribution in [1.82, 2.24) is 15.2 Å². The third kappa shape index (κ3) is 4.25. The van der Waals surface area contributed by atoms with E-state index in [4.69, 9.17) is 0 Å². The van der Waals surface area contributed by atoms with Gasteiger partial charge in [0.15, 0.2) is 0 Å². The lowest BCUT2D eigenvalue weighted by molar-refractivity contribution is 0.181. The first-order chi connectivity index (χ1) is 13.7. The molecule has 3 aromatic rings. The number of nitrogens with zero attached hydrogens (tertiary/aromatic N) is 2. The number of carbonyl (C=O) groups is 1. The Morgan fingerprint density at radius 1 is 1.07 bits per heavy atom. The average molecular weight is 392 g/mol. The Labute approximate surface area is 170 Å². The first-order valence-corrected chi connectivity index (χ1v) is 10.6. The molecular formula is C23H25N3OS. The Hall–Kier alpha value is -2.66. The highest BCUT2D eigenvalue weighted by Crippen LogP contribution is 2.29. The third-order valence-corrected chi connectivity index (χ3v) is 6.57. The Kier molecular flexibility index (Phi) is 5.72. The van der Waals surface area contributed by atoms with Gasteiger partial charge in [-0.25, -0.2) is 9.78 Å². The van der Waals surface area contributed by atoms with E-state index in [0.29, 0.717) is 12.5 Å². The van der Waals surface area contributed by atoms with Gasteiger partial charge < -0.3 is 10.2 Å². The summed E-state index contributed by atoms with van der Waals surface area (Å²) in [5.74, 6) is 0.558. The van der Waals surface area contributed by atoms with Gasteiger partial charge in [0.05, 0.1) is 12.2 Å². The maximum Gasteiger partial charge on any atom is 0.317 e. The van der Waals surface area contributed by atoms with E-state index >= 15 is 0 Å². The Balaban J connectivity index is 1.31. The van der Waals surface area contributed by atoms with Crippen LogP contribution in [0.1, 0.15) is 34.9 Å². The van der Waals surface area contributed by atoms with Crippen LogP contribution in [0.4, 0.5) is 4.79 Å². The van der Waals surface area contributed by atoms with Crippen LogP contribution >= 0.6 is 11.3 Å². The van der Waals surface area contributed by atoms with Crippen LogP contribution in [-0.4, -0.2) is 29.0 Å². The van der Waals surface area contributed by atoms with E-state index in [1.54, 1.807) is 11.3 Å². The molecule has 5 heteroatoms. The van der Waals surface area contributed by atoms with E-state index in [1.165, 1.54) is 5.56 Å². The average Bonchev–Trinajstić information content (AvgIpc) is 3.14. The zero-order chi connectivity index (χ0) is 19.3. The lowest BCUT2D eigenvalue weighted by atomic mass is 9.90. The fraction of sp³-hybridized carbons (Fsp3) is 0.304. The van der Waals surface area contributed by atoms with E-state index in [-0.39, 0.29) is 6.03 Å². The number of hydrogen-bond donors (Lipinski definition) is 1. The van der Waals surface area contributed by atoms with Crippen LogP contribution in [0.25, 0.3) is 10.6 Å². The predicted octanol–water partition coefficient (Wildman–Crippen LogP) is 5.21. The molecule has 1 fully saturated rings. The number of aromatic nitrogens is 1. The molecule has 2 aromatic carbocycles. The molecule has 2 amide bonds. The number of urea groups is 1. The largest absolute Gasteiger partial charge is 0.333 e. The standard InChI is InChI=1S/C23H25N3OS/c1-17-21(28-22(25-17)20-10-6-3-7-11-20)16-24-23(27)26-14-12-19(13-15-26)18-8-4-2-5-9-18/h2-11,19H,12-16H2,1H3,(H,24,27). The van der Waals surface area contributed by atoms with Gasteiger partial charge in [-0.05, 0) is 31.2 Å². The molecule has 0 saturated carbocycles. The molecule has 0 radical (unpaired) electrons. The molecule has 0 bridgehead atoms. The molecule has 0 atom stereocenters. The molecule has 1 aliphatic rings. The molecule has 2 heterocycles. The zero-order valence-corrected chi connectivity index (χ0v) is 16.9. The van der Waals surface area contributed by atoms with Crippen molar-refractivity contribution in [2.45, 2.75) is 32.2 Å². The van der Waals surface area contributed by atoms with Crippen molar-refractivity contribution in [1.29, 1.82) is 0 Å². The Morgan fingerprint density at radius 3 is 2.39 bits per heavy atom. The number of aryl methyl sites for hydroxylation is 1. The van der Waals surface area contributed by atoms with E-state index in [1.807, 2.05) is 30.0 Å². The van der Waals surface area contributed by atoms with Gasteiger partial charge in [-0.3, -0.25) is 0 Å². The fourth-order valence-electron chi connectivity index (χ4n) is 3.71. The molecule has 0 aliphatic carbocycles. The van der Waals surface area contributed by atoms with Gasteiger partial charge in [-0.2, -0.15) is 0 Å². The summed E-state index contributed by atoms with van der Waals surface area (Å²) in [6.07, 6.45) is 2.05. The van der Waals surface area contributed by atoms with Crippen molar-refractivity contribution in [3.8, 4) is 10.6 Å². The minimum atomic E-state index is 0.0283. The monoisotopic (exact) mass is 391 g/mol. The number of thiazole rings is 1. The first kappa shape index (κ1) is 18.7.